The number of aromatic nitrogens is 1. The van der Waals surface area contributed by atoms with Crippen molar-refractivity contribution >= 4 is 23.4 Å². The van der Waals surface area contributed by atoms with Crippen LogP contribution in [0.3, 0.4) is 0 Å². The van der Waals surface area contributed by atoms with Crippen molar-refractivity contribution in [1.82, 2.24) is 4.98 Å². The van der Waals surface area contributed by atoms with Gasteiger partial charge >= 0.3 is 5.97 Å². The Morgan fingerprint density at radius 1 is 1.25 bits per heavy atom. The topological polar surface area (TPSA) is 62.2 Å². The highest BCUT2D eigenvalue weighted by Gasteiger charge is 2.11. The van der Waals surface area contributed by atoms with E-state index in [1.807, 2.05) is 0 Å². The molecule has 4 nitrogen and oxygen atoms in total. The van der Waals surface area contributed by atoms with Crippen LogP contribution in [0.25, 0.3) is 0 Å². The van der Waals surface area contributed by atoms with Gasteiger partial charge in [-0.1, -0.05) is 17.7 Å². The molecule has 0 atom stereocenters. The summed E-state index contributed by atoms with van der Waals surface area (Å²) in [5.41, 5.74) is 0.222. The molecule has 0 aliphatic rings. The number of hydrogen-bond donors (Lipinski definition) is 2. The van der Waals surface area contributed by atoms with Gasteiger partial charge in [0, 0.05) is 6.54 Å². The number of rotatable bonds is 4. The number of pyridine rings is 1. The Morgan fingerprint density at radius 2 is 2.00 bits per heavy atom. The molecule has 0 saturated heterocycles. The predicted octanol–water partition coefficient (Wildman–Crippen LogP) is 3.32. The Morgan fingerprint density at radius 3 is 2.65 bits per heavy atom. The highest BCUT2D eigenvalue weighted by atomic mass is 35.5. The third-order valence-corrected chi connectivity index (χ3v) is 2.81. The van der Waals surface area contributed by atoms with Gasteiger partial charge in [0.2, 0.25) is 0 Å². The van der Waals surface area contributed by atoms with Gasteiger partial charge in [-0.3, -0.25) is 0 Å². The summed E-state index contributed by atoms with van der Waals surface area (Å²) in [6.07, 6.45) is 0. The van der Waals surface area contributed by atoms with Crippen molar-refractivity contribution in [2.45, 2.75) is 6.54 Å². The number of hydrogen-bond acceptors (Lipinski definition) is 3. The normalized spacial score (nSPS) is 10.3. The molecule has 0 bridgehead atoms. The predicted molar refractivity (Wildman–Crippen MR) is 69.9 cm³/mol. The average Bonchev–Trinajstić information content (AvgIpc) is 2.41. The molecule has 20 heavy (non-hydrogen) atoms. The molecule has 0 radical (unpaired) electrons. The zero-order valence-electron chi connectivity index (χ0n) is 10.0. The number of aromatic carboxylic acids is 1. The van der Waals surface area contributed by atoms with Crippen LogP contribution in [-0.2, 0) is 6.54 Å². The maximum Gasteiger partial charge on any atom is 0.356 e. The van der Waals surface area contributed by atoms with E-state index in [2.05, 4.69) is 10.3 Å². The van der Waals surface area contributed by atoms with Crippen molar-refractivity contribution in [2.24, 2.45) is 0 Å². The van der Waals surface area contributed by atoms with Crippen molar-refractivity contribution in [3.8, 4) is 0 Å². The Labute approximate surface area is 118 Å². The molecule has 2 rings (SSSR count). The lowest BCUT2D eigenvalue weighted by Crippen LogP contribution is -2.07. The first-order valence-electron chi connectivity index (χ1n) is 5.55. The molecule has 0 spiro atoms. The summed E-state index contributed by atoms with van der Waals surface area (Å²) in [6, 6.07) is 6.38. The molecular weight excluding hydrogens is 290 g/mol. The van der Waals surface area contributed by atoms with Gasteiger partial charge in [0.05, 0.1) is 5.02 Å². The van der Waals surface area contributed by atoms with E-state index in [0.717, 1.165) is 12.1 Å². The maximum atomic E-state index is 13.0. The molecule has 0 amide bonds. The van der Waals surface area contributed by atoms with Crippen molar-refractivity contribution in [3.05, 3.63) is 58.2 Å². The van der Waals surface area contributed by atoms with Crippen LogP contribution in [0.5, 0.6) is 0 Å². The molecule has 104 valence electrons. The summed E-state index contributed by atoms with van der Waals surface area (Å²) in [5, 5.41) is 11.7. The average molecular weight is 299 g/mol. The fourth-order valence-electron chi connectivity index (χ4n) is 1.53. The van der Waals surface area contributed by atoms with Crippen LogP contribution in [-0.4, -0.2) is 16.1 Å². The molecule has 1 heterocycles. The highest BCUT2D eigenvalue weighted by molar-refractivity contribution is 6.33. The third kappa shape index (κ3) is 3.21. The SMILES string of the molecule is O=C(O)c1nc(NCc2ccc(F)c(F)c2)ccc1Cl. The second-order valence-corrected chi connectivity index (χ2v) is 4.34. The quantitative estimate of drug-likeness (QED) is 0.909. The standard InChI is InChI=1S/C13H9ClF2N2O2/c14-8-2-4-11(18-12(8)13(19)20)17-6-7-1-3-9(15)10(16)5-7/h1-5H,6H2,(H,17,18)(H,19,20). The molecule has 2 N–H and O–H groups in total. The Kier molecular flexibility index (Phi) is 4.14. The molecule has 0 aliphatic heterocycles. The van der Waals surface area contributed by atoms with Gasteiger partial charge in [0.15, 0.2) is 17.3 Å². The summed E-state index contributed by atoms with van der Waals surface area (Å²) < 4.78 is 25.8. The van der Waals surface area contributed by atoms with Gasteiger partial charge in [-0.15, -0.1) is 0 Å². The van der Waals surface area contributed by atoms with E-state index < -0.39 is 17.6 Å². The van der Waals surface area contributed by atoms with E-state index in [-0.39, 0.29) is 23.1 Å². The van der Waals surface area contributed by atoms with E-state index in [1.165, 1.54) is 18.2 Å². The van der Waals surface area contributed by atoms with Crippen LogP contribution in [0.1, 0.15) is 16.1 Å². The largest absolute Gasteiger partial charge is 0.476 e. The van der Waals surface area contributed by atoms with E-state index in [0.29, 0.717) is 5.56 Å². The first kappa shape index (κ1) is 14.2. The number of carboxylic acid groups (broad SMARTS) is 1. The molecule has 1 aromatic carbocycles. The van der Waals surface area contributed by atoms with E-state index in [9.17, 15) is 13.6 Å². The molecule has 7 heteroatoms. The van der Waals surface area contributed by atoms with Crippen LogP contribution in [0, 0.1) is 11.6 Å². The number of nitrogens with one attached hydrogen (secondary N) is 1. The summed E-state index contributed by atoms with van der Waals surface area (Å²) in [4.78, 5) is 14.7. The Hall–Kier alpha value is -2.21. The Bertz CT molecular complexity index is 665. The van der Waals surface area contributed by atoms with Crippen LogP contribution in [0.4, 0.5) is 14.6 Å². The smallest absolute Gasteiger partial charge is 0.356 e. The van der Waals surface area contributed by atoms with Gasteiger partial charge in [-0.05, 0) is 29.8 Å². The second-order valence-electron chi connectivity index (χ2n) is 3.93. The zero-order chi connectivity index (χ0) is 14.7. The van der Waals surface area contributed by atoms with E-state index in [4.69, 9.17) is 16.7 Å². The second kappa shape index (κ2) is 5.83. The van der Waals surface area contributed by atoms with Crippen LogP contribution in [0.2, 0.25) is 5.02 Å². The third-order valence-electron chi connectivity index (χ3n) is 2.51. The molecule has 0 aliphatic carbocycles. The highest BCUT2D eigenvalue weighted by Crippen LogP contribution is 2.17. The van der Waals surface area contributed by atoms with Crippen LogP contribution < -0.4 is 5.32 Å². The zero-order valence-corrected chi connectivity index (χ0v) is 10.8. The van der Waals surface area contributed by atoms with Gasteiger partial charge in [0.25, 0.3) is 0 Å². The number of carboxylic acids is 1. The lowest BCUT2D eigenvalue weighted by atomic mass is 10.2. The fraction of sp³-hybridized carbons (Fsp3) is 0.0769. The van der Waals surface area contributed by atoms with Crippen molar-refractivity contribution in [1.29, 1.82) is 0 Å². The maximum absolute atomic E-state index is 13.0. The first-order chi connectivity index (χ1) is 9.47. The molecule has 0 unspecified atom stereocenters. The minimum absolute atomic E-state index is 0.0240. The first-order valence-corrected chi connectivity index (χ1v) is 5.93. The number of nitrogens with zero attached hydrogens (tertiary/aromatic N) is 1. The Balaban J connectivity index is 2.12. The minimum atomic E-state index is -1.24. The van der Waals surface area contributed by atoms with E-state index >= 15 is 0 Å². The molecule has 0 fully saturated rings. The lowest BCUT2D eigenvalue weighted by molar-refractivity contribution is 0.0691. The summed E-state index contributed by atoms with van der Waals surface area (Å²) in [7, 11) is 0. The molecule has 1 aromatic heterocycles. The monoisotopic (exact) mass is 298 g/mol. The number of carbonyl (C=O) groups is 1. The summed E-state index contributed by atoms with van der Waals surface area (Å²) in [5.74, 6) is -2.84. The van der Waals surface area contributed by atoms with Gasteiger partial charge < -0.3 is 10.4 Å². The lowest BCUT2D eigenvalue weighted by Gasteiger charge is -2.07. The number of anilines is 1. The van der Waals surface area contributed by atoms with Crippen molar-refractivity contribution in [2.75, 3.05) is 5.32 Å². The van der Waals surface area contributed by atoms with Crippen LogP contribution in [0.15, 0.2) is 30.3 Å². The molecule has 2 aromatic rings. The van der Waals surface area contributed by atoms with Crippen LogP contribution >= 0.6 is 11.6 Å². The number of benzene rings is 1. The van der Waals surface area contributed by atoms with Gasteiger partial charge in [-0.25, -0.2) is 18.6 Å². The summed E-state index contributed by atoms with van der Waals surface area (Å²) >= 11 is 5.68. The summed E-state index contributed by atoms with van der Waals surface area (Å²) in [6.45, 7) is 0.172. The fourth-order valence-corrected chi connectivity index (χ4v) is 1.72. The molecule has 0 saturated carbocycles. The molecular formula is C13H9ClF2N2O2. The van der Waals surface area contributed by atoms with Crippen molar-refractivity contribution in [3.63, 3.8) is 0 Å². The van der Waals surface area contributed by atoms with Gasteiger partial charge in [-0.2, -0.15) is 0 Å². The van der Waals surface area contributed by atoms with E-state index in [1.54, 1.807) is 0 Å². The van der Waals surface area contributed by atoms with Gasteiger partial charge in [0.1, 0.15) is 5.82 Å². The number of halogens is 3. The minimum Gasteiger partial charge on any atom is -0.476 e. The van der Waals surface area contributed by atoms with Crippen molar-refractivity contribution < 1.29 is 18.7 Å².